The molecule has 0 saturated carbocycles. The van der Waals surface area contributed by atoms with Crippen molar-refractivity contribution < 1.29 is 24.0 Å². The minimum absolute atomic E-state index is 0.0430. The van der Waals surface area contributed by atoms with Crippen LogP contribution in [0.15, 0.2) is 60.2 Å². The van der Waals surface area contributed by atoms with Crippen LogP contribution in [-0.4, -0.2) is 22.8 Å². The molecule has 3 aromatic rings. The number of anilines is 1. The van der Waals surface area contributed by atoms with Gasteiger partial charge in [-0.2, -0.15) is 0 Å². The first-order chi connectivity index (χ1) is 17.5. The highest BCUT2D eigenvalue weighted by Gasteiger charge is 2.37. The Morgan fingerprint density at radius 2 is 1.70 bits per heavy atom. The summed E-state index contributed by atoms with van der Waals surface area (Å²) in [7, 11) is 0. The number of rotatable bonds is 6. The van der Waals surface area contributed by atoms with Crippen molar-refractivity contribution in [2.45, 2.75) is 13.5 Å². The van der Waals surface area contributed by atoms with Crippen LogP contribution in [0.3, 0.4) is 0 Å². The zero-order chi connectivity index (χ0) is 26.9. The van der Waals surface area contributed by atoms with E-state index in [1.807, 2.05) is 0 Å². The summed E-state index contributed by atoms with van der Waals surface area (Å²) in [5, 5.41) is 13.6. The molecular formula is C25H16Cl3N3O6. The summed E-state index contributed by atoms with van der Waals surface area (Å²) < 4.78 is 5.67. The molecule has 9 nitrogen and oxygen atoms in total. The molecule has 0 spiro atoms. The van der Waals surface area contributed by atoms with Gasteiger partial charge in [-0.3, -0.25) is 25.0 Å². The van der Waals surface area contributed by atoms with Gasteiger partial charge in [0.2, 0.25) is 0 Å². The quantitative estimate of drug-likeness (QED) is 0.168. The van der Waals surface area contributed by atoms with Crippen LogP contribution in [0.25, 0.3) is 6.08 Å². The molecule has 0 aliphatic carbocycles. The fourth-order valence-electron chi connectivity index (χ4n) is 3.50. The standard InChI is InChI=1S/C25H16Cl3N3O6/c1-13-5-6-16(11-19(13)26)30-24(33)18(23(32)29-25(30)34)8-15-9-20(27)22(21(28)10-15)37-12-14-3-2-4-17(7-14)31(35)36/h2-11H,12H2,1H3,(H,29,32,34)/b18-8-. The van der Waals surface area contributed by atoms with Gasteiger partial charge in [-0.15, -0.1) is 0 Å². The van der Waals surface area contributed by atoms with Crippen molar-refractivity contribution in [3.8, 4) is 5.75 Å². The predicted molar refractivity (Wildman–Crippen MR) is 139 cm³/mol. The van der Waals surface area contributed by atoms with E-state index in [2.05, 4.69) is 5.32 Å². The monoisotopic (exact) mass is 559 g/mol. The van der Waals surface area contributed by atoms with Gasteiger partial charge in [0.15, 0.2) is 5.75 Å². The Bertz CT molecular complexity index is 1480. The molecule has 4 rings (SSSR count). The van der Waals surface area contributed by atoms with Crippen molar-refractivity contribution in [2.75, 3.05) is 4.90 Å². The summed E-state index contributed by atoms with van der Waals surface area (Å²) in [6, 6.07) is 12.5. The van der Waals surface area contributed by atoms with Crippen LogP contribution in [0, 0.1) is 17.0 Å². The van der Waals surface area contributed by atoms with Crippen molar-refractivity contribution in [3.63, 3.8) is 0 Å². The number of nitrogens with zero attached hydrogens (tertiary/aromatic N) is 2. The maximum atomic E-state index is 13.1. The van der Waals surface area contributed by atoms with Crippen LogP contribution < -0.4 is 15.0 Å². The van der Waals surface area contributed by atoms with Gasteiger partial charge in [0.05, 0.1) is 20.7 Å². The van der Waals surface area contributed by atoms with E-state index in [1.165, 1.54) is 48.5 Å². The molecule has 1 heterocycles. The zero-order valence-corrected chi connectivity index (χ0v) is 21.2. The summed E-state index contributed by atoms with van der Waals surface area (Å²) in [5.41, 5.74) is 1.35. The molecular weight excluding hydrogens is 545 g/mol. The van der Waals surface area contributed by atoms with E-state index in [1.54, 1.807) is 19.1 Å². The largest absolute Gasteiger partial charge is 0.486 e. The van der Waals surface area contributed by atoms with Crippen LogP contribution in [0.5, 0.6) is 5.75 Å². The maximum absolute atomic E-state index is 13.1. The molecule has 0 unspecified atom stereocenters. The number of imide groups is 2. The normalized spacial score (nSPS) is 14.6. The topological polar surface area (TPSA) is 119 Å². The minimum atomic E-state index is -0.909. The van der Waals surface area contributed by atoms with Crippen LogP contribution >= 0.6 is 34.8 Å². The highest BCUT2D eigenvalue weighted by molar-refractivity contribution is 6.40. The number of nitrogens with one attached hydrogen (secondary N) is 1. The van der Waals surface area contributed by atoms with Gasteiger partial charge in [-0.1, -0.05) is 53.0 Å². The molecule has 37 heavy (non-hydrogen) atoms. The molecule has 4 amide bonds. The highest BCUT2D eigenvalue weighted by atomic mass is 35.5. The second kappa shape index (κ2) is 10.6. The van der Waals surface area contributed by atoms with E-state index >= 15 is 0 Å². The van der Waals surface area contributed by atoms with E-state index in [0.717, 1.165) is 10.5 Å². The lowest BCUT2D eigenvalue weighted by atomic mass is 10.1. The van der Waals surface area contributed by atoms with Crippen LogP contribution in [0.2, 0.25) is 15.1 Å². The average molecular weight is 561 g/mol. The smallest absolute Gasteiger partial charge is 0.335 e. The van der Waals surface area contributed by atoms with Crippen molar-refractivity contribution >= 4 is 70.1 Å². The van der Waals surface area contributed by atoms with Gasteiger partial charge in [0, 0.05) is 17.2 Å². The fraction of sp³-hybridized carbons (Fsp3) is 0.0800. The number of non-ortho nitro benzene ring substituents is 1. The molecule has 0 bridgehead atoms. The molecule has 1 aliphatic rings. The molecule has 1 aliphatic heterocycles. The molecule has 3 aromatic carbocycles. The molecule has 0 aromatic heterocycles. The summed E-state index contributed by atoms with van der Waals surface area (Å²) >= 11 is 18.8. The van der Waals surface area contributed by atoms with E-state index in [-0.39, 0.29) is 39.3 Å². The van der Waals surface area contributed by atoms with Gasteiger partial charge in [0.1, 0.15) is 12.2 Å². The Labute approximate surface area is 225 Å². The number of hydrogen-bond donors (Lipinski definition) is 1. The first-order valence-electron chi connectivity index (χ1n) is 10.6. The van der Waals surface area contributed by atoms with E-state index in [9.17, 15) is 24.5 Å². The Morgan fingerprint density at radius 1 is 1.00 bits per heavy atom. The number of aryl methyl sites for hydroxylation is 1. The molecule has 0 atom stereocenters. The van der Waals surface area contributed by atoms with Gasteiger partial charge in [-0.25, -0.2) is 9.69 Å². The number of carbonyl (C=O) groups excluding carboxylic acids is 3. The molecule has 12 heteroatoms. The van der Waals surface area contributed by atoms with E-state index in [0.29, 0.717) is 16.1 Å². The summed E-state index contributed by atoms with van der Waals surface area (Å²) in [6.45, 7) is 1.72. The van der Waals surface area contributed by atoms with Gasteiger partial charge < -0.3 is 4.74 Å². The van der Waals surface area contributed by atoms with Gasteiger partial charge >= 0.3 is 6.03 Å². The number of hydrogen-bond acceptors (Lipinski definition) is 6. The average Bonchev–Trinajstić information content (AvgIpc) is 2.83. The molecule has 188 valence electrons. The van der Waals surface area contributed by atoms with Crippen LogP contribution in [-0.2, 0) is 16.2 Å². The lowest BCUT2D eigenvalue weighted by Gasteiger charge is -2.26. The zero-order valence-electron chi connectivity index (χ0n) is 19.0. The Morgan fingerprint density at radius 3 is 2.35 bits per heavy atom. The molecule has 0 radical (unpaired) electrons. The third-order valence-electron chi connectivity index (χ3n) is 5.35. The second-order valence-corrected chi connectivity index (χ2v) is 9.14. The van der Waals surface area contributed by atoms with Crippen LogP contribution in [0.4, 0.5) is 16.2 Å². The Kier molecular flexibility index (Phi) is 7.49. The Hall–Kier alpha value is -3.92. The highest BCUT2D eigenvalue weighted by Crippen LogP contribution is 2.36. The fourth-order valence-corrected chi connectivity index (χ4v) is 4.28. The van der Waals surface area contributed by atoms with Crippen molar-refractivity contribution in [2.24, 2.45) is 0 Å². The van der Waals surface area contributed by atoms with E-state index in [4.69, 9.17) is 39.5 Å². The number of barbiturate groups is 1. The summed E-state index contributed by atoms with van der Waals surface area (Å²) in [4.78, 5) is 49.3. The number of carbonyl (C=O) groups is 3. The Balaban J connectivity index is 1.60. The molecule has 1 N–H and O–H groups in total. The lowest BCUT2D eigenvalue weighted by molar-refractivity contribution is -0.384. The second-order valence-electron chi connectivity index (χ2n) is 7.92. The lowest BCUT2D eigenvalue weighted by Crippen LogP contribution is -2.54. The van der Waals surface area contributed by atoms with Crippen LogP contribution in [0.1, 0.15) is 16.7 Å². The first kappa shape index (κ1) is 26.2. The molecule has 1 fully saturated rings. The first-order valence-corrected chi connectivity index (χ1v) is 11.7. The molecule has 1 saturated heterocycles. The minimum Gasteiger partial charge on any atom is -0.486 e. The summed E-state index contributed by atoms with van der Waals surface area (Å²) in [5.74, 6) is -1.63. The van der Waals surface area contributed by atoms with Crippen molar-refractivity contribution in [3.05, 3.63) is 102 Å². The van der Waals surface area contributed by atoms with Crippen molar-refractivity contribution in [1.29, 1.82) is 0 Å². The van der Waals surface area contributed by atoms with Gasteiger partial charge in [0.25, 0.3) is 17.5 Å². The number of halogens is 3. The van der Waals surface area contributed by atoms with E-state index < -0.39 is 22.8 Å². The van der Waals surface area contributed by atoms with Gasteiger partial charge in [-0.05, 0) is 54.0 Å². The number of amides is 4. The number of urea groups is 1. The number of nitro benzene ring substituents is 1. The number of nitro groups is 1. The summed E-state index contributed by atoms with van der Waals surface area (Å²) in [6.07, 6.45) is 1.25. The third kappa shape index (κ3) is 5.59. The number of benzene rings is 3. The third-order valence-corrected chi connectivity index (χ3v) is 6.32. The van der Waals surface area contributed by atoms with Crippen molar-refractivity contribution in [1.82, 2.24) is 5.32 Å². The number of ether oxygens (including phenoxy) is 1. The predicted octanol–water partition coefficient (Wildman–Crippen LogP) is 6.11. The SMILES string of the molecule is Cc1ccc(N2C(=O)NC(=O)/C(=C/c3cc(Cl)c(OCc4cccc([N+](=O)[O-])c4)c(Cl)c3)C2=O)cc1Cl. The maximum Gasteiger partial charge on any atom is 0.335 e.